The van der Waals surface area contributed by atoms with Crippen molar-refractivity contribution >= 4 is 40.9 Å². The molecule has 43 heavy (non-hydrogen) atoms. The van der Waals surface area contributed by atoms with Crippen molar-refractivity contribution in [3.8, 4) is 22.5 Å². The average molecular weight is 618 g/mol. The normalized spacial score (nSPS) is 14.6. The molecule has 0 spiro atoms. The van der Waals surface area contributed by atoms with Gasteiger partial charge in [0.1, 0.15) is 17.2 Å². The first-order chi connectivity index (χ1) is 20.7. The van der Waals surface area contributed by atoms with Crippen LogP contribution in [0.3, 0.4) is 0 Å². The van der Waals surface area contributed by atoms with E-state index in [0.717, 1.165) is 71.1 Å². The predicted molar refractivity (Wildman–Crippen MR) is 177 cm³/mol. The first kappa shape index (κ1) is 30.8. The van der Waals surface area contributed by atoms with Gasteiger partial charge in [0.15, 0.2) is 0 Å². The number of carbonyl (C=O) groups excluding carboxylic acids is 1. The van der Waals surface area contributed by atoms with Gasteiger partial charge in [-0.3, -0.25) is 4.90 Å². The summed E-state index contributed by atoms with van der Waals surface area (Å²) >= 11 is 12.1. The molecule has 0 saturated carbocycles. The molecule has 0 aliphatic carbocycles. The molecule has 2 aromatic carbocycles. The van der Waals surface area contributed by atoms with Gasteiger partial charge in [-0.05, 0) is 107 Å². The number of nitrogens with zero attached hydrogens (tertiary/aromatic N) is 3. The lowest BCUT2D eigenvalue weighted by atomic mass is 10.1. The topological polar surface area (TPSA) is 67.3 Å². The second kappa shape index (κ2) is 13.8. The van der Waals surface area contributed by atoms with Crippen LogP contribution in [0, 0.1) is 0 Å². The number of aromatic nitrogens is 2. The molecule has 0 unspecified atom stereocenters. The maximum Gasteiger partial charge on any atom is 0.416 e. The van der Waals surface area contributed by atoms with E-state index in [1.165, 1.54) is 18.4 Å². The van der Waals surface area contributed by atoms with Crippen molar-refractivity contribution in [3.05, 3.63) is 94.0 Å². The molecule has 0 saturated heterocycles. The summed E-state index contributed by atoms with van der Waals surface area (Å²) in [7, 11) is 0. The van der Waals surface area contributed by atoms with Crippen molar-refractivity contribution < 1.29 is 9.53 Å². The Balaban J connectivity index is 0.000000180. The Morgan fingerprint density at radius 2 is 1.40 bits per heavy atom. The Labute approximate surface area is 264 Å². The molecule has 2 aliphatic rings. The maximum absolute atomic E-state index is 12.7. The molecule has 0 atom stereocenters. The predicted octanol–water partition coefficient (Wildman–Crippen LogP) is 9.63. The molecule has 1 N–H and O–H groups in total. The number of carbonyl (C=O) groups is 1. The van der Waals surface area contributed by atoms with E-state index < -0.39 is 5.60 Å². The van der Waals surface area contributed by atoms with E-state index in [2.05, 4.69) is 23.5 Å². The van der Waals surface area contributed by atoms with E-state index in [4.69, 9.17) is 37.9 Å². The van der Waals surface area contributed by atoms with E-state index in [1.54, 1.807) is 4.90 Å². The molecular weight excluding hydrogens is 579 g/mol. The van der Waals surface area contributed by atoms with E-state index in [0.29, 0.717) is 17.4 Å². The molecular formula is C35H38Cl2N4O2. The quantitative estimate of drug-likeness (QED) is 0.243. The monoisotopic (exact) mass is 616 g/mol. The lowest BCUT2D eigenvalue weighted by molar-refractivity contribution is 0.0579. The Kier molecular flexibility index (Phi) is 9.89. The molecule has 2 aliphatic heterocycles. The number of amides is 1. The number of anilines is 2. The standard InChI is InChI=1S/C20H23ClN2O2.C15H15ClN2/c1-20(2,3)25-19(24)23-12-5-4-7-14-10-11-17(22-18(14)23)15-8-6-9-16(21)13-15;16-13-6-3-5-12(10-13)14-8-7-11-4-1-2-9-17-15(11)18-14/h6,8-11,13H,4-5,7,12H2,1-3H3;3,5-8,10H,1-2,4,9H2,(H,17,18). The summed E-state index contributed by atoms with van der Waals surface area (Å²) in [5.41, 5.74) is 5.64. The highest BCUT2D eigenvalue weighted by atomic mass is 35.5. The zero-order valence-corrected chi connectivity index (χ0v) is 26.5. The van der Waals surface area contributed by atoms with Crippen LogP contribution in [0.4, 0.5) is 16.4 Å². The van der Waals surface area contributed by atoms with Crippen LogP contribution in [-0.4, -0.2) is 34.8 Å². The zero-order chi connectivity index (χ0) is 30.4. The third-order valence-corrected chi connectivity index (χ3v) is 7.76. The number of aryl methyl sites for hydroxylation is 2. The minimum Gasteiger partial charge on any atom is -0.443 e. The van der Waals surface area contributed by atoms with E-state index >= 15 is 0 Å². The van der Waals surface area contributed by atoms with Crippen LogP contribution >= 0.6 is 23.2 Å². The summed E-state index contributed by atoms with van der Waals surface area (Å²) in [5, 5.41) is 4.82. The molecule has 4 heterocycles. The SMILES string of the molecule is CC(C)(C)OC(=O)N1CCCCc2ccc(-c3cccc(Cl)c3)nc21.Clc1cccc(-c2ccc3c(n2)NCCCC3)c1. The van der Waals surface area contributed by atoms with Crippen LogP contribution in [0.5, 0.6) is 0 Å². The first-order valence-electron chi connectivity index (χ1n) is 14.9. The molecule has 0 bridgehead atoms. The summed E-state index contributed by atoms with van der Waals surface area (Å²) < 4.78 is 5.58. The smallest absolute Gasteiger partial charge is 0.416 e. The van der Waals surface area contributed by atoms with Crippen LogP contribution in [-0.2, 0) is 17.6 Å². The summed E-state index contributed by atoms with van der Waals surface area (Å²) in [6.45, 7) is 7.26. The number of hydrogen-bond acceptors (Lipinski definition) is 5. The number of halogens is 2. The molecule has 2 aromatic heterocycles. The third-order valence-electron chi connectivity index (χ3n) is 7.29. The van der Waals surface area contributed by atoms with Crippen molar-refractivity contribution in [1.82, 2.24) is 9.97 Å². The Bertz CT molecular complexity index is 1580. The van der Waals surface area contributed by atoms with E-state index in [9.17, 15) is 4.79 Å². The van der Waals surface area contributed by atoms with Crippen LogP contribution in [0.15, 0.2) is 72.8 Å². The fraction of sp³-hybridized carbons (Fsp3) is 0.343. The second-order valence-electron chi connectivity index (χ2n) is 11.9. The van der Waals surface area contributed by atoms with Crippen molar-refractivity contribution in [2.45, 2.75) is 64.9 Å². The number of pyridine rings is 2. The largest absolute Gasteiger partial charge is 0.443 e. The molecule has 1 amide bonds. The van der Waals surface area contributed by atoms with Gasteiger partial charge in [0.2, 0.25) is 0 Å². The van der Waals surface area contributed by atoms with Gasteiger partial charge in [-0.2, -0.15) is 0 Å². The van der Waals surface area contributed by atoms with Crippen LogP contribution in [0.1, 0.15) is 57.6 Å². The number of benzene rings is 2. The maximum atomic E-state index is 12.7. The fourth-order valence-corrected chi connectivity index (χ4v) is 5.58. The van der Waals surface area contributed by atoms with Gasteiger partial charge in [-0.15, -0.1) is 0 Å². The Morgan fingerprint density at radius 3 is 2.05 bits per heavy atom. The fourth-order valence-electron chi connectivity index (χ4n) is 5.20. The second-order valence-corrected chi connectivity index (χ2v) is 12.7. The van der Waals surface area contributed by atoms with Gasteiger partial charge in [-0.1, -0.05) is 59.6 Å². The highest BCUT2D eigenvalue weighted by Gasteiger charge is 2.27. The number of hydrogen-bond donors (Lipinski definition) is 1. The van der Waals surface area contributed by atoms with Crippen LogP contribution in [0.25, 0.3) is 22.5 Å². The highest BCUT2D eigenvalue weighted by molar-refractivity contribution is 6.31. The third kappa shape index (κ3) is 8.27. The average Bonchev–Trinajstić information content (AvgIpc) is 3.34. The number of rotatable bonds is 2. The van der Waals surface area contributed by atoms with E-state index in [-0.39, 0.29) is 6.09 Å². The number of ether oxygens (including phenoxy) is 1. The van der Waals surface area contributed by atoms with Gasteiger partial charge in [0.25, 0.3) is 0 Å². The molecule has 0 fully saturated rings. The molecule has 6 rings (SSSR count). The van der Waals surface area contributed by atoms with Gasteiger partial charge in [0.05, 0.1) is 11.4 Å². The number of nitrogens with one attached hydrogen (secondary N) is 1. The molecule has 224 valence electrons. The molecule has 8 heteroatoms. The van der Waals surface area contributed by atoms with Gasteiger partial charge in [-0.25, -0.2) is 14.8 Å². The molecule has 4 aromatic rings. The number of fused-ring (bicyclic) bond motifs is 2. The minimum atomic E-state index is -0.534. The summed E-state index contributed by atoms with van der Waals surface area (Å²) in [4.78, 5) is 23.8. The zero-order valence-electron chi connectivity index (χ0n) is 25.0. The Hall–Kier alpha value is -3.61. The molecule has 6 nitrogen and oxygen atoms in total. The van der Waals surface area contributed by atoms with Crippen molar-refractivity contribution in [2.24, 2.45) is 0 Å². The minimum absolute atomic E-state index is 0.341. The lowest BCUT2D eigenvalue weighted by Crippen LogP contribution is -2.38. The Morgan fingerprint density at radius 1 is 0.791 bits per heavy atom. The van der Waals surface area contributed by atoms with Crippen molar-refractivity contribution in [2.75, 3.05) is 23.3 Å². The van der Waals surface area contributed by atoms with Gasteiger partial charge in [0, 0.05) is 34.3 Å². The molecule has 0 radical (unpaired) electrons. The summed E-state index contributed by atoms with van der Waals surface area (Å²) in [6.07, 6.45) is 6.10. The van der Waals surface area contributed by atoms with E-state index in [1.807, 2.05) is 75.4 Å². The summed E-state index contributed by atoms with van der Waals surface area (Å²) in [6, 6.07) is 23.7. The highest BCUT2D eigenvalue weighted by Crippen LogP contribution is 2.31. The first-order valence-corrected chi connectivity index (χ1v) is 15.7. The van der Waals surface area contributed by atoms with Crippen molar-refractivity contribution in [3.63, 3.8) is 0 Å². The van der Waals surface area contributed by atoms with Gasteiger partial charge >= 0.3 is 6.09 Å². The van der Waals surface area contributed by atoms with Crippen molar-refractivity contribution in [1.29, 1.82) is 0 Å². The lowest BCUT2D eigenvalue weighted by Gasteiger charge is -2.27. The van der Waals surface area contributed by atoms with Crippen LogP contribution in [0.2, 0.25) is 10.0 Å². The summed E-state index contributed by atoms with van der Waals surface area (Å²) in [5.74, 6) is 1.73. The van der Waals surface area contributed by atoms with Crippen LogP contribution < -0.4 is 10.2 Å². The van der Waals surface area contributed by atoms with Gasteiger partial charge < -0.3 is 10.1 Å².